The molecular weight excluding hydrogens is 252 g/mol. The van der Waals surface area contributed by atoms with E-state index in [1.807, 2.05) is 48.3 Å². The smallest absolute Gasteiger partial charge is 0.0815 e. The summed E-state index contributed by atoms with van der Waals surface area (Å²) in [5.74, 6) is 0.469. The standard InChI is InChI=1S/C15H22N4O/c1-12(11-20-3)9-14(16-2)15-10-17-18-19(15)13-7-5-4-6-8-13/h4-8,10,12,14,16H,9,11H2,1-3H3. The fourth-order valence-electron chi connectivity index (χ4n) is 2.39. The van der Waals surface area contributed by atoms with Gasteiger partial charge in [0.2, 0.25) is 0 Å². The Morgan fingerprint density at radius 3 is 2.70 bits per heavy atom. The molecule has 1 aromatic carbocycles. The van der Waals surface area contributed by atoms with Gasteiger partial charge < -0.3 is 10.1 Å². The molecule has 2 unspecified atom stereocenters. The van der Waals surface area contributed by atoms with Crippen molar-refractivity contribution in [3.8, 4) is 5.69 Å². The topological polar surface area (TPSA) is 52.0 Å². The largest absolute Gasteiger partial charge is 0.384 e. The normalized spacial score (nSPS) is 14.2. The maximum absolute atomic E-state index is 5.22. The van der Waals surface area contributed by atoms with Crippen LogP contribution in [0.1, 0.15) is 25.1 Å². The van der Waals surface area contributed by atoms with Gasteiger partial charge in [-0.25, -0.2) is 4.68 Å². The summed E-state index contributed by atoms with van der Waals surface area (Å²) in [5, 5.41) is 11.6. The predicted molar refractivity (Wildman–Crippen MR) is 78.8 cm³/mol. The molecule has 1 aromatic heterocycles. The molecule has 20 heavy (non-hydrogen) atoms. The van der Waals surface area contributed by atoms with Crippen molar-refractivity contribution in [3.63, 3.8) is 0 Å². The molecular formula is C15H22N4O. The molecule has 0 aliphatic rings. The van der Waals surface area contributed by atoms with E-state index in [-0.39, 0.29) is 6.04 Å². The molecule has 0 aliphatic heterocycles. The monoisotopic (exact) mass is 274 g/mol. The number of para-hydroxylation sites is 1. The van der Waals surface area contributed by atoms with Crippen LogP contribution >= 0.6 is 0 Å². The van der Waals surface area contributed by atoms with Crippen LogP contribution in [0.5, 0.6) is 0 Å². The van der Waals surface area contributed by atoms with Gasteiger partial charge in [-0.15, -0.1) is 5.10 Å². The van der Waals surface area contributed by atoms with Gasteiger partial charge in [-0.05, 0) is 31.5 Å². The summed E-state index contributed by atoms with van der Waals surface area (Å²) in [6.07, 6.45) is 2.80. The minimum atomic E-state index is 0.204. The fourth-order valence-corrected chi connectivity index (χ4v) is 2.39. The van der Waals surface area contributed by atoms with E-state index >= 15 is 0 Å². The van der Waals surface area contributed by atoms with E-state index in [0.717, 1.165) is 24.4 Å². The molecule has 0 radical (unpaired) electrons. The second kappa shape index (κ2) is 7.17. The Morgan fingerprint density at radius 1 is 1.30 bits per heavy atom. The minimum Gasteiger partial charge on any atom is -0.384 e. The van der Waals surface area contributed by atoms with Gasteiger partial charge in [0.15, 0.2) is 0 Å². The van der Waals surface area contributed by atoms with Crippen LogP contribution in [0.15, 0.2) is 36.5 Å². The zero-order valence-corrected chi connectivity index (χ0v) is 12.3. The molecule has 2 atom stereocenters. The van der Waals surface area contributed by atoms with Gasteiger partial charge in [0.05, 0.1) is 23.6 Å². The van der Waals surface area contributed by atoms with Crippen molar-refractivity contribution in [2.45, 2.75) is 19.4 Å². The predicted octanol–water partition coefficient (Wildman–Crippen LogP) is 2.20. The van der Waals surface area contributed by atoms with E-state index < -0.39 is 0 Å². The Morgan fingerprint density at radius 2 is 2.05 bits per heavy atom. The third kappa shape index (κ3) is 3.43. The lowest BCUT2D eigenvalue weighted by Gasteiger charge is -2.20. The van der Waals surface area contributed by atoms with Crippen molar-refractivity contribution in [1.82, 2.24) is 20.3 Å². The van der Waals surface area contributed by atoms with Crippen molar-refractivity contribution in [1.29, 1.82) is 0 Å². The number of hydrogen-bond acceptors (Lipinski definition) is 4. The first-order chi connectivity index (χ1) is 9.76. The van der Waals surface area contributed by atoms with Crippen molar-refractivity contribution < 1.29 is 4.74 Å². The number of rotatable bonds is 7. The third-order valence-corrected chi connectivity index (χ3v) is 3.37. The third-order valence-electron chi connectivity index (χ3n) is 3.37. The summed E-state index contributed by atoms with van der Waals surface area (Å²) in [6, 6.07) is 10.3. The van der Waals surface area contributed by atoms with Crippen LogP contribution in [0, 0.1) is 5.92 Å². The van der Waals surface area contributed by atoms with Crippen LogP contribution in [0.2, 0.25) is 0 Å². The lowest BCUT2D eigenvalue weighted by molar-refractivity contribution is 0.149. The summed E-state index contributed by atoms with van der Waals surface area (Å²) < 4.78 is 7.10. The van der Waals surface area contributed by atoms with Crippen molar-refractivity contribution in [2.24, 2.45) is 5.92 Å². The quantitative estimate of drug-likeness (QED) is 0.841. The Labute approximate surface area is 120 Å². The number of aromatic nitrogens is 3. The summed E-state index contributed by atoms with van der Waals surface area (Å²) in [5.41, 5.74) is 2.10. The van der Waals surface area contributed by atoms with Crippen molar-refractivity contribution in [2.75, 3.05) is 20.8 Å². The zero-order chi connectivity index (χ0) is 14.4. The molecule has 0 saturated heterocycles. The van der Waals surface area contributed by atoms with Gasteiger partial charge in [-0.1, -0.05) is 30.3 Å². The minimum absolute atomic E-state index is 0.204. The van der Waals surface area contributed by atoms with Gasteiger partial charge in [-0.3, -0.25) is 0 Å². The molecule has 1 heterocycles. The second-order valence-corrected chi connectivity index (χ2v) is 5.04. The fraction of sp³-hybridized carbons (Fsp3) is 0.467. The Balaban J connectivity index is 2.21. The molecule has 2 aromatic rings. The zero-order valence-electron chi connectivity index (χ0n) is 12.3. The summed E-state index contributed by atoms with van der Waals surface area (Å²) >= 11 is 0. The van der Waals surface area contributed by atoms with Crippen molar-refractivity contribution in [3.05, 3.63) is 42.2 Å². The number of benzene rings is 1. The Hall–Kier alpha value is -1.72. The summed E-state index contributed by atoms with van der Waals surface area (Å²) in [4.78, 5) is 0. The molecule has 0 spiro atoms. The lowest BCUT2D eigenvalue weighted by atomic mass is 10.0. The van der Waals surface area contributed by atoms with E-state index in [1.54, 1.807) is 7.11 Å². The lowest BCUT2D eigenvalue weighted by Crippen LogP contribution is -2.23. The molecule has 0 bridgehead atoms. The van der Waals surface area contributed by atoms with Gasteiger partial charge >= 0.3 is 0 Å². The van der Waals surface area contributed by atoms with E-state index in [2.05, 4.69) is 22.6 Å². The molecule has 0 aliphatic carbocycles. The first kappa shape index (κ1) is 14.7. The Kier molecular flexibility index (Phi) is 5.26. The average molecular weight is 274 g/mol. The van der Waals surface area contributed by atoms with Gasteiger partial charge in [0, 0.05) is 13.7 Å². The van der Waals surface area contributed by atoms with E-state index in [0.29, 0.717) is 5.92 Å². The Bertz CT molecular complexity index is 512. The highest BCUT2D eigenvalue weighted by molar-refractivity contribution is 5.32. The van der Waals surface area contributed by atoms with Crippen LogP contribution in [0.25, 0.3) is 5.69 Å². The number of hydrogen-bond donors (Lipinski definition) is 1. The van der Waals surface area contributed by atoms with Gasteiger partial charge in [0.1, 0.15) is 0 Å². The number of nitrogens with zero attached hydrogens (tertiary/aromatic N) is 3. The van der Waals surface area contributed by atoms with Gasteiger partial charge in [-0.2, -0.15) is 0 Å². The van der Waals surface area contributed by atoms with Crippen molar-refractivity contribution >= 4 is 0 Å². The molecule has 0 fully saturated rings. The maximum atomic E-state index is 5.22. The molecule has 0 amide bonds. The van der Waals surface area contributed by atoms with E-state index in [1.165, 1.54) is 0 Å². The van der Waals surface area contributed by atoms with E-state index in [9.17, 15) is 0 Å². The van der Waals surface area contributed by atoms with Crippen LogP contribution in [0.4, 0.5) is 0 Å². The highest BCUT2D eigenvalue weighted by atomic mass is 16.5. The highest BCUT2D eigenvalue weighted by Gasteiger charge is 2.19. The molecule has 2 rings (SSSR count). The maximum Gasteiger partial charge on any atom is 0.0815 e. The first-order valence-electron chi connectivity index (χ1n) is 6.88. The highest BCUT2D eigenvalue weighted by Crippen LogP contribution is 2.22. The van der Waals surface area contributed by atoms with Crippen LogP contribution in [0.3, 0.4) is 0 Å². The molecule has 0 saturated carbocycles. The van der Waals surface area contributed by atoms with Crippen LogP contribution < -0.4 is 5.32 Å². The number of ether oxygens (including phenoxy) is 1. The summed E-state index contributed by atoms with van der Waals surface area (Å²) in [6.45, 7) is 2.94. The SMILES string of the molecule is CNC(CC(C)COC)c1cnnn1-c1ccccc1. The second-order valence-electron chi connectivity index (χ2n) is 5.04. The molecule has 1 N–H and O–H groups in total. The molecule has 108 valence electrons. The summed E-state index contributed by atoms with van der Waals surface area (Å²) in [7, 11) is 3.70. The van der Waals surface area contributed by atoms with E-state index in [4.69, 9.17) is 4.74 Å². The van der Waals surface area contributed by atoms with Gasteiger partial charge in [0.25, 0.3) is 0 Å². The molecule has 5 heteroatoms. The van der Waals surface area contributed by atoms with Crippen LogP contribution in [-0.4, -0.2) is 35.8 Å². The molecule has 5 nitrogen and oxygen atoms in total. The number of methoxy groups -OCH3 is 1. The number of nitrogens with one attached hydrogen (secondary N) is 1. The van der Waals surface area contributed by atoms with Crippen LogP contribution in [-0.2, 0) is 4.74 Å². The average Bonchev–Trinajstić information content (AvgIpc) is 2.95. The first-order valence-corrected chi connectivity index (χ1v) is 6.88.